The van der Waals surface area contributed by atoms with E-state index in [9.17, 15) is 0 Å². The first-order chi connectivity index (χ1) is 11.8. The van der Waals surface area contributed by atoms with Crippen molar-refractivity contribution >= 4 is 0 Å². The Morgan fingerprint density at radius 1 is 0.840 bits per heavy atom. The molecule has 1 N–H and O–H groups in total. The van der Waals surface area contributed by atoms with Crippen molar-refractivity contribution in [3.8, 4) is 0 Å². The van der Waals surface area contributed by atoms with Crippen LogP contribution in [-0.4, -0.2) is 12.1 Å². The summed E-state index contributed by atoms with van der Waals surface area (Å²) in [5.41, 5.74) is 4.06. The molecule has 2 fully saturated rings. The second-order valence-electron chi connectivity index (χ2n) is 10.7. The van der Waals surface area contributed by atoms with Gasteiger partial charge in [0, 0.05) is 23.9 Å². The highest BCUT2D eigenvalue weighted by atomic mass is 15.0. The Morgan fingerprint density at radius 3 is 2.12 bits per heavy atom. The minimum absolute atomic E-state index is 0.349. The molecular formula is C24H37N. The van der Waals surface area contributed by atoms with E-state index in [0.29, 0.717) is 28.8 Å². The maximum Gasteiger partial charge on any atom is 0.0213 e. The van der Waals surface area contributed by atoms with Crippen molar-refractivity contribution in [1.82, 2.24) is 5.32 Å². The number of hydrogen-bond acceptors (Lipinski definition) is 1. The van der Waals surface area contributed by atoms with Gasteiger partial charge < -0.3 is 5.32 Å². The molecule has 1 saturated carbocycles. The number of benzene rings is 1. The second-order valence-corrected chi connectivity index (χ2v) is 10.7. The molecule has 25 heavy (non-hydrogen) atoms. The molecule has 0 aromatic heterocycles. The Labute approximate surface area is 155 Å². The quantitative estimate of drug-likeness (QED) is 0.671. The van der Waals surface area contributed by atoms with E-state index in [4.69, 9.17) is 0 Å². The highest BCUT2D eigenvalue weighted by Gasteiger charge is 2.52. The minimum Gasteiger partial charge on any atom is -0.309 e. The molecule has 4 unspecified atom stereocenters. The molecule has 1 heteroatoms. The van der Waals surface area contributed by atoms with Crippen molar-refractivity contribution in [1.29, 1.82) is 0 Å². The number of piperidine rings is 1. The lowest BCUT2D eigenvalue weighted by molar-refractivity contribution is 0.0994. The van der Waals surface area contributed by atoms with Crippen molar-refractivity contribution < 1.29 is 0 Å². The van der Waals surface area contributed by atoms with Gasteiger partial charge >= 0.3 is 0 Å². The van der Waals surface area contributed by atoms with Gasteiger partial charge in [0.15, 0.2) is 0 Å². The van der Waals surface area contributed by atoms with Crippen molar-refractivity contribution in [2.45, 2.75) is 97.1 Å². The van der Waals surface area contributed by atoms with Gasteiger partial charge in [-0.1, -0.05) is 71.7 Å². The molecule has 0 amide bonds. The van der Waals surface area contributed by atoms with Crippen LogP contribution in [-0.2, 0) is 0 Å². The van der Waals surface area contributed by atoms with Crippen molar-refractivity contribution in [2.75, 3.05) is 0 Å². The third-order valence-corrected chi connectivity index (χ3v) is 7.94. The lowest BCUT2D eigenvalue weighted by Crippen LogP contribution is -2.54. The molecule has 0 bridgehead atoms. The number of fused-ring (bicyclic) bond motifs is 3. The molecule has 1 aromatic carbocycles. The van der Waals surface area contributed by atoms with Gasteiger partial charge in [-0.05, 0) is 53.6 Å². The zero-order valence-electron chi connectivity index (χ0n) is 16.9. The van der Waals surface area contributed by atoms with E-state index in [2.05, 4.69) is 64.2 Å². The first kappa shape index (κ1) is 17.6. The monoisotopic (exact) mass is 339 g/mol. The van der Waals surface area contributed by atoms with Crippen LogP contribution < -0.4 is 5.32 Å². The van der Waals surface area contributed by atoms with Crippen molar-refractivity contribution in [3.05, 3.63) is 35.4 Å². The van der Waals surface area contributed by atoms with Crippen LogP contribution in [0.2, 0.25) is 0 Å². The molecule has 4 rings (SSSR count). The highest BCUT2D eigenvalue weighted by Crippen LogP contribution is 2.58. The van der Waals surface area contributed by atoms with Gasteiger partial charge in [0.2, 0.25) is 0 Å². The molecule has 2 aliphatic carbocycles. The summed E-state index contributed by atoms with van der Waals surface area (Å²) in [5.74, 6) is 2.28. The zero-order valence-corrected chi connectivity index (χ0v) is 16.9. The summed E-state index contributed by atoms with van der Waals surface area (Å²) in [4.78, 5) is 0. The second kappa shape index (κ2) is 6.12. The highest BCUT2D eigenvalue weighted by molar-refractivity contribution is 5.44. The van der Waals surface area contributed by atoms with E-state index in [0.717, 1.165) is 11.8 Å². The summed E-state index contributed by atoms with van der Waals surface area (Å²) in [6, 6.07) is 10.7. The van der Waals surface area contributed by atoms with Gasteiger partial charge in [0.25, 0.3) is 0 Å². The summed E-state index contributed by atoms with van der Waals surface area (Å²) in [7, 11) is 0. The average molecular weight is 340 g/mol. The first-order valence-corrected chi connectivity index (χ1v) is 10.6. The van der Waals surface area contributed by atoms with Crippen molar-refractivity contribution in [3.63, 3.8) is 0 Å². The summed E-state index contributed by atoms with van der Waals surface area (Å²) in [5, 5.41) is 4.18. The van der Waals surface area contributed by atoms with Crippen LogP contribution in [0, 0.1) is 16.7 Å². The summed E-state index contributed by atoms with van der Waals surface area (Å²) in [6.45, 7) is 12.4. The molecule has 1 aromatic rings. The van der Waals surface area contributed by atoms with Gasteiger partial charge in [0.1, 0.15) is 0 Å². The van der Waals surface area contributed by atoms with Gasteiger partial charge in [-0.15, -0.1) is 0 Å². The summed E-state index contributed by atoms with van der Waals surface area (Å²) >= 11 is 0. The molecule has 1 saturated heterocycles. The Bertz CT molecular complexity index is 617. The number of rotatable bonds is 2. The van der Waals surface area contributed by atoms with Crippen LogP contribution in [0.4, 0.5) is 0 Å². The lowest BCUT2D eigenvalue weighted by atomic mass is 9.63. The van der Waals surface area contributed by atoms with Crippen LogP contribution in [0.25, 0.3) is 0 Å². The number of hydrogen-bond donors (Lipinski definition) is 1. The lowest BCUT2D eigenvalue weighted by Gasteiger charge is -2.47. The molecule has 0 spiro atoms. The molecule has 1 heterocycles. The largest absolute Gasteiger partial charge is 0.309 e. The fourth-order valence-corrected chi connectivity index (χ4v) is 6.43. The molecule has 1 aliphatic heterocycles. The number of nitrogens with one attached hydrogen (secondary N) is 1. The Hall–Kier alpha value is -0.820. The van der Waals surface area contributed by atoms with E-state index in [1.807, 2.05) is 0 Å². The summed E-state index contributed by atoms with van der Waals surface area (Å²) < 4.78 is 0. The van der Waals surface area contributed by atoms with Gasteiger partial charge in [-0.25, -0.2) is 0 Å². The van der Waals surface area contributed by atoms with Crippen LogP contribution in [0.5, 0.6) is 0 Å². The molecular weight excluding hydrogens is 302 g/mol. The Morgan fingerprint density at radius 2 is 1.48 bits per heavy atom. The fourth-order valence-electron chi connectivity index (χ4n) is 6.43. The Balaban J connectivity index is 1.72. The minimum atomic E-state index is 0.349. The molecule has 1 nitrogen and oxygen atoms in total. The average Bonchev–Trinajstić information content (AvgIpc) is 3.20. The third-order valence-electron chi connectivity index (χ3n) is 7.94. The maximum absolute atomic E-state index is 4.18. The summed E-state index contributed by atoms with van der Waals surface area (Å²) in [6.07, 6.45) is 8.42. The fraction of sp³-hybridized carbons (Fsp3) is 0.750. The van der Waals surface area contributed by atoms with Gasteiger partial charge in [-0.3, -0.25) is 0 Å². The van der Waals surface area contributed by atoms with Crippen LogP contribution in [0.15, 0.2) is 24.3 Å². The molecule has 3 aliphatic rings. The van der Waals surface area contributed by atoms with E-state index >= 15 is 0 Å². The SMILES string of the molecule is CC(C)(C)C1CCC2c3ccccc3C(C(C)(C)C3CCCC3)C2N1. The van der Waals surface area contributed by atoms with Crippen LogP contribution >= 0.6 is 0 Å². The smallest absolute Gasteiger partial charge is 0.0213 e. The van der Waals surface area contributed by atoms with E-state index < -0.39 is 0 Å². The Kier molecular flexibility index (Phi) is 4.30. The van der Waals surface area contributed by atoms with Gasteiger partial charge in [0.05, 0.1) is 0 Å². The van der Waals surface area contributed by atoms with E-state index in [-0.39, 0.29) is 0 Å². The predicted octanol–water partition coefficient (Wildman–Crippen LogP) is 6.25. The normalized spacial score (nSPS) is 33.3. The molecule has 0 radical (unpaired) electrons. The molecule has 138 valence electrons. The topological polar surface area (TPSA) is 12.0 Å². The van der Waals surface area contributed by atoms with Crippen molar-refractivity contribution in [2.24, 2.45) is 16.7 Å². The van der Waals surface area contributed by atoms with Gasteiger partial charge in [-0.2, -0.15) is 0 Å². The van der Waals surface area contributed by atoms with E-state index in [1.165, 1.54) is 38.5 Å². The van der Waals surface area contributed by atoms with Crippen LogP contribution in [0.3, 0.4) is 0 Å². The van der Waals surface area contributed by atoms with E-state index in [1.54, 1.807) is 11.1 Å². The third kappa shape index (κ3) is 2.87. The zero-order chi connectivity index (χ0) is 17.8. The predicted molar refractivity (Wildman–Crippen MR) is 107 cm³/mol. The molecule has 4 atom stereocenters. The maximum atomic E-state index is 4.18. The first-order valence-electron chi connectivity index (χ1n) is 10.6. The van der Waals surface area contributed by atoms with Crippen LogP contribution in [0.1, 0.15) is 96.1 Å². The standard InChI is InChI=1S/C24H37N/c1-23(2,3)20-15-14-19-17-12-8-9-13-18(17)21(22(19)25-20)24(4,5)16-10-6-7-11-16/h8-9,12-13,16,19-22,25H,6-7,10-11,14-15H2,1-5H3.